The Labute approximate surface area is 201 Å². The van der Waals surface area contributed by atoms with Gasteiger partial charge in [-0.05, 0) is 71.8 Å². The van der Waals surface area contributed by atoms with E-state index in [0.717, 1.165) is 22.6 Å². The third-order valence-corrected chi connectivity index (χ3v) is 5.73. The van der Waals surface area contributed by atoms with Crippen LogP contribution < -0.4 is 15.1 Å². The summed E-state index contributed by atoms with van der Waals surface area (Å²) in [5.41, 5.74) is 5.08. The topological polar surface area (TPSA) is 71.0 Å². The van der Waals surface area contributed by atoms with Gasteiger partial charge in [0, 0.05) is 28.7 Å². The number of carbonyl (C=O) groups is 2. The largest absolute Gasteiger partial charge is 0.489 e. The fourth-order valence-electron chi connectivity index (χ4n) is 3.41. The molecule has 6 nitrogen and oxygen atoms in total. The minimum Gasteiger partial charge on any atom is -0.489 e. The fraction of sp³-hybridized carbons (Fsp3) is 0.160. The van der Waals surface area contributed by atoms with E-state index in [0.29, 0.717) is 23.2 Å². The number of anilines is 1. The Morgan fingerprint density at radius 3 is 2.30 bits per heavy atom. The Morgan fingerprint density at radius 1 is 1.00 bits per heavy atom. The monoisotopic (exact) mass is 481 g/mol. The van der Waals surface area contributed by atoms with Crippen molar-refractivity contribution in [3.63, 3.8) is 0 Å². The molecule has 1 aliphatic rings. The summed E-state index contributed by atoms with van der Waals surface area (Å²) in [6, 6.07) is 21.8. The molecule has 1 heterocycles. The van der Waals surface area contributed by atoms with Crippen molar-refractivity contribution in [1.82, 2.24) is 5.43 Å². The summed E-state index contributed by atoms with van der Waals surface area (Å²) < 4.78 is 5.76. The van der Waals surface area contributed by atoms with E-state index in [4.69, 9.17) is 27.9 Å². The van der Waals surface area contributed by atoms with E-state index in [-0.39, 0.29) is 18.2 Å². The van der Waals surface area contributed by atoms with Crippen molar-refractivity contribution in [2.45, 2.75) is 13.0 Å². The molecule has 0 bridgehead atoms. The van der Waals surface area contributed by atoms with Crippen molar-refractivity contribution in [3.8, 4) is 5.75 Å². The summed E-state index contributed by atoms with van der Waals surface area (Å²) in [5.74, 6) is -0.138. The first-order valence-electron chi connectivity index (χ1n) is 10.3. The molecular weight excluding hydrogens is 461 g/mol. The molecule has 0 radical (unpaired) electrons. The normalized spacial score (nSPS) is 15.8. The second kappa shape index (κ2) is 10.5. The molecule has 0 aromatic heterocycles. The molecule has 0 unspecified atom stereocenters. The highest BCUT2D eigenvalue weighted by Gasteiger charge is 2.35. The molecule has 168 valence electrons. The van der Waals surface area contributed by atoms with E-state index in [2.05, 4.69) is 10.5 Å². The van der Waals surface area contributed by atoms with Crippen LogP contribution in [0.3, 0.4) is 0 Å². The standard InChI is InChI=1S/C25H21Cl2N3O3/c26-20-5-1-18(2-6-20)16-33-23-11-3-17(4-12-23)14-28-29-25(32)19-13-24(31)30(15-19)22-9-7-21(27)8-10-22/h1-12,14,19H,13,15-16H2,(H,29,32)/b28-14-/t19-/m1/s1. The third kappa shape index (κ3) is 6.12. The van der Waals surface area contributed by atoms with Gasteiger partial charge in [-0.1, -0.05) is 35.3 Å². The summed E-state index contributed by atoms with van der Waals surface area (Å²) in [5, 5.41) is 5.31. The van der Waals surface area contributed by atoms with Gasteiger partial charge in [-0.25, -0.2) is 5.43 Å². The van der Waals surface area contributed by atoms with Crippen LogP contribution in [0, 0.1) is 5.92 Å². The number of amides is 2. The number of nitrogens with zero attached hydrogens (tertiary/aromatic N) is 2. The number of rotatable bonds is 7. The lowest BCUT2D eigenvalue weighted by molar-refractivity contribution is -0.126. The molecule has 1 aliphatic heterocycles. The number of hydrazone groups is 1. The van der Waals surface area contributed by atoms with Crippen LogP contribution in [0.4, 0.5) is 5.69 Å². The molecule has 0 saturated carbocycles. The zero-order chi connectivity index (χ0) is 23.2. The van der Waals surface area contributed by atoms with E-state index in [9.17, 15) is 9.59 Å². The maximum Gasteiger partial charge on any atom is 0.245 e. The van der Waals surface area contributed by atoms with Gasteiger partial charge in [0.2, 0.25) is 11.8 Å². The SMILES string of the molecule is O=C(N/N=C\c1ccc(OCc2ccc(Cl)cc2)cc1)[C@@H]1CC(=O)N(c2ccc(Cl)cc2)C1. The van der Waals surface area contributed by atoms with Crippen molar-refractivity contribution in [2.75, 3.05) is 11.4 Å². The number of halogens is 2. The van der Waals surface area contributed by atoms with Crippen molar-refractivity contribution < 1.29 is 14.3 Å². The first kappa shape index (κ1) is 22.8. The Bertz CT molecular complexity index is 1150. The predicted octanol–water partition coefficient (Wildman–Crippen LogP) is 5.08. The van der Waals surface area contributed by atoms with E-state index in [1.807, 2.05) is 48.5 Å². The molecule has 1 saturated heterocycles. The van der Waals surface area contributed by atoms with E-state index in [1.54, 1.807) is 35.4 Å². The summed E-state index contributed by atoms with van der Waals surface area (Å²) in [4.78, 5) is 26.4. The van der Waals surface area contributed by atoms with Crippen LogP contribution in [-0.2, 0) is 16.2 Å². The van der Waals surface area contributed by atoms with Crippen LogP contribution in [0.5, 0.6) is 5.75 Å². The van der Waals surface area contributed by atoms with Gasteiger partial charge in [0.25, 0.3) is 0 Å². The predicted molar refractivity (Wildman–Crippen MR) is 130 cm³/mol. The molecular formula is C25H21Cl2N3O3. The Morgan fingerprint density at radius 2 is 1.64 bits per heavy atom. The highest BCUT2D eigenvalue weighted by atomic mass is 35.5. The number of carbonyl (C=O) groups excluding carboxylic acids is 2. The maximum absolute atomic E-state index is 12.5. The van der Waals surface area contributed by atoms with E-state index < -0.39 is 5.92 Å². The van der Waals surface area contributed by atoms with Gasteiger partial charge in [-0.2, -0.15) is 5.10 Å². The van der Waals surface area contributed by atoms with Crippen molar-refractivity contribution >= 4 is 46.9 Å². The molecule has 1 N–H and O–H groups in total. The van der Waals surface area contributed by atoms with Crippen LogP contribution in [0.15, 0.2) is 77.9 Å². The van der Waals surface area contributed by atoms with Crippen LogP contribution in [0.1, 0.15) is 17.5 Å². The molecule has 3 aromatic carbocycles. The van der Waals surface area contributed by atoms with Crippen molar-refractivity contribution in [2.24, 2.45) is 11.0 Å². The summed E-state index contributed by atoms with van der Waals surface area (Å²) >= 11 is 11.8. The van der Waals surface area contributed by atoms with Gasteiger partial charge in [-0.15, -0.1) is 0 Å². The Hall–Kier alpha value is -3.35. The van der Waals surface area contributed by atoms with Crippen molar-refractivity contribution in [3.05, 3.63) is 94.0 Å². The Kier molecular flexibility index (Phi) is 7.27. The highest BCUT2D eigenvalue weighted by Crippen LogP contribution is 2.26. The molecule has 3 aromatic rings. The average molecular weight is 482 g/mol. The second-order valence-corrected chi connectivity index (χ2v) is 8.47. The number of hydrogen-bond donors (Lipinski definition) is 1. The minimum atomic E-state index is -0.464. The van der Waals surface area contributed by atoms with E-state index >= 15 is 0 Å². The summed E-state index contributed by atoms with van der Waals surface area (Å²) in [6.45, 7) is 0.745. The van der Waals surface area contributed by atoms with Gasteiger partial charge in [0.05, 0.1) is 12.1 Å². The van der Waals surface area contributed by atoms with E-state index in [1.165, 1.54) is 0 Å². The Balaban J connectivity index is 1.26. The van der Waals surface area contributed by atoms with Gasteiger partial charge in [-0.3, -0.25) is 9.59 Å². The lowest BCUT2D eigenvalue weighted by Gasteiger charge is -2.16. The number of hydrogen-bond acceptors (Lipinski definition) is 4. The summed E-state index contributed by atoms with van der Waals surface area (Å²) in [6.07, 6.45) is 1.69. The number of benzene rings is 3. The average Bonchev–Trinajstić information content (AvgIpc) is 3.22. The first-order valence-corrected chi connectivity index (χ1v) is 11.1. The molecule has 4 rings (SSSR count). The lowest BCUT2D eigenvalue weighted by atomic mass is 10.1. The number of ether oxygens (including phenoxy) is 1. The van der Waals surface area contributed by atoms with Gasteiger partial charge < -0.3 is 9.64 Å². The molecule has 1 fully saturated rings. The molecule has 0 aliphatic carbocycles. The molecule has 0 spiro atoms. The van der Waals surface area contributed by atoms with Crippen LogP contribution >= 0.6 is 23.2 Å². The van der Waals surface area contributed by atoms with Crippen LogP contribution in [0.2, 0.25) is 10.0 Å². The zero-order valence-corrected chi connectivity index (χ0v) is 19.1. The van der Waals surface area contributed by atoms with Crippen molar-refractivity contribution in [1.29, 1.82) is 0 Å². The fourth-order valence-corrected chi connectivity index (χ4v) is 3.66. The molecule has 1 atom stereocenters. The minimum absolute atomic E-state index is 0.101. The lowest BCUT2D eigenvalue weighted by Crippen LogP contribution is -2.30. The van der Waals surface area contributed by atoms with Gasteiger partial charge >= 0.3 is 0 Å². The second-order valence-electron chi connectivity index (χ2n) is 7.60. The molecule has 33 heavy (non-hydrogen) atoms. The van der Waals surface area contributed by atoms with Crippen LogP contribution in [-0.4, -0.2) is 24.6 Å². The quantitative estimate of drug-likeness (QED) is 0.378. The first-order chi connectivity index (χ1) is 16.0. The number of nitrogens with one attached hydrogen (secondary N) is 1. The van der Waals surface area contributed by atoms with Gasteiger partial charge in [0.15, 0.2) is 0 Å². The third-order valence-electron chi connectivity index (χ3n) is 5.22. The highest BCUT2D eigenvalue weighted by molar-refractivity contribution is 6.30. The smallest absolute Gasteiger partial charge is 0.245 e. The van der Waals surface area contributed by atoms with Gasteiger partial charge in [0.1, 0.15) is 12.4 Å². The molecule has 2 amide bonds. The van der Waals surface area contributed by atoms with Crippen LogP contribution in [0.25, 0.3) is 0 Å². The molecule has 8 heteroatoms. The maximum atomic E-state index is 12.5. The summed E-state index contributed by atoms with van der Waals surface area (Å²) in [7, 11) is 0. The zero-order valence-electron chi connectivity index (χ0n) is 17.6.